The summed E-state index contributed by atoms with van der Waals surface area (Å²) in [6.07, 6.45) is 4.72. The Morgan fingerprint density at radius 3 is 3.03 bits per heavy atom. The highest BCUT2D eigenvalue weighted by molar-refractivity contribution is 5.72. The van der Waals surface area contributed by atoms with Crippen molar-refractivity contribution in [2.24, 2.45) is 29.6 Å². The van der Waals surface area contributed by atoms with Crippen molar-refractivity contribution in [1.29, 1.82) is 1.43 Å². The van der Waals surface area contributed by atoms with Gasteiger partial charge in [-0.1, -0.05) is 45.9 Å². The van der Waals surface area contributed by atoms with Crippen molar-refractivity contribution < 1.29 is 31.0 Å². The topological polar surface area (TPSA) is 72.8 Å². The molecule has 2 aliphatic carbocycles. The van der Waals surface area contributed by atoms with Crippen LogP contribution >= 0.6 is 0 Å². The number of rotatable bonds is 7. The zero-order chi connectivity index (χ0) is 26.1. The highest BCUT2D eigenvalue weighted by Crippen LogP contribution is 2.45. The predicted octanol–water partition coefficient (Wildman–Crippen LogP) is 4.20. The van der Waals surface area contributed by atoms with E-state index in [2.05, 4.69) is 30.3 Å². The number of hydrogen-bond donors (Lipinski definition) is 1. The molecule has 5 nitrogen and oxygen atoms in total. The summed E-state index contributed by atoms with van der Waals surface area (Å²) in [5.74, 6) is -2.39. The number of carbonyl (C=O) groups excluding carboxylic acids is 2. The molecule has 0 spiro atoms. The van der Waals surface area contributed by atoms with Crippen LogP contribution in [0.2, 0.25) is 0 Å². The van der Waals surface area contributed by atoms with Gasteiger partial charge >= 0.3 is 11.9 Å². The zero-order valence-electron chi connectivity index (χ0n) is 23.4. The molecule has 1 fully saturated rings. The van der Waals surface area contributed by atoms with Gasteiger partial charge in [0.1, 0.15) is 12.2 Å². The molecule has 1 N–H and O–H groups in total. The first kappa shape index (κ1) is 15.2. The molecule has 1 unspecified atom stereocenters. The van der Waals surface area contributed by atoms with Crippen LogP contribution in [-0.2, 0) is 19.1 Å². The van der Waals surface area contributed by atoms with Crippen molar-refractivity contribution in [3.63, 3.8) is 0 Å². The lowest BCUT2D eigenvalue weighted by molar-refractivity contribution is -0.162. The summed E-state index contributed by atoms with van der Waals surface area (Å²) in [6, 6.07) is 0. The van der Waals surface area contributed by atoms with Gasteiger partial charge in [-0.05, 0) is 49.0 Å². The Morgan fingerprint density at radius 2 is 2.28 bits per heavy atom. The van der Waals surface area contributed by atoms with E-state index in [1.54, 1.807) is 0 Å². The monoisotopic (exact) mass is 410 g/mol. The highest BCUT2D eigenvalue weighted by Gasteiger charge is 2.42. The number of ether oxygens (including phenoxy) is 2. The van der Waals surface area contributed by atoms with E-state index in [0.29, 0.717) is 25.7 Å². The Balaban J connectivity index is 1.77. The largest absolute Gasteiger partial charge is 0.462 e. The van der Waals surface area contributed by atoms with Crippen LogP contribution in [0.4, 0.5) is 0 Å². The summed E-state index contributed by atoms with van der Waals surface area (Å²) < 4.78 is 56.9. The molecule has 0 bridgehead atoms. The van der Waals surface area contributed by atoms with Gasteiger partial charge < -0.3 is 14.6 Å². The summed E-state index contributed by atoms with van der Waals surface area (Å²) in [6.45, 7) is 2.44. The van der Waals surface area contributed by atoms with E-state index in [9.17, 15) is 9.59 Å². The van der Waals surface area contributed by atoms with Gasteiger partial charge in [-0.25, -0.2) is 0 Å². The van der Waals surface area contributed by atoms with Crippen LogP contribution in [0.1, 0.15) is 73.0 Å². The normalized spacial score (nSPS) is 41.8. The number of esters is 2. The van der Waals surface area contributed by atoms with E-state index in [4.69, 9.17) is 17.8 Å². The molecule has 0 aromatic rings. The molecule has 1 saturated heterocycles. The number of allylic oxidation sites excluding steroid dienone is 3. The first-order valence-corrected chi connectivity index (χ1v) is 10.7. The summed E-state index contributed by atoms with van der Waals surface area (Å²) in [4.78, 5) is 24.8. The third-order valence-corrected chi connectivity index (χ3v) is 6.47. The van der Waals surface area contributed by atoms with Crippen molar-refractivity contribution >= 4 is 11.9 Å². The molecule has 1 heterocycles. The Labute approximate surface area is 183 Å². The van der Waals surface area contributed by atoms with Gasteiger partial charge in [0.2, 0.25) is 1.43 Å². The maximum absolute atomic E-state index is 12.9. The molecule has 0 saturated carbocycles. The van der Waals surface area contributed by atoms with Crippen LogP contribution in [0.3, 0.4) is 0 Å². The summed E-state index contributed by atoms with van der Waals surface area (Å²) in [7, 11) is 0. The number of hydrogen-bond acceptors (Lipinski definition) is 5. The van der Waals surface area contributed by atoms with Crippen molar-refractivity contribution in [1.82, 2.24) is 0 Å². The van der Waals surface area contributed by atoms with Gasteiger partial charge in [-0.15, -0.1) is 0 Å². The van der Waals surface area contributed by atoms with Gasteiger partial charge in [-0.2, -0.15) is 0 Å². The fraction of sp³-hybridized carbons (Fsp3) is 0.750. The third kappa shape index (κ3) is 5.30. The second-order valence-corrected chi connectivity index (χ2v) is 8.88. The van der Waals surface area contributed by atoms with Crippen molar-refractivity contribution in [2.45, 2.75) is 84.4 Å². The lowest BCUT2D eigenvalue weighted by atomic mass is 9.65. The molecule has 5 heteroatoms. The van der Waals surface area contributed by atoms with E-state index >= 15 is 0 Å². The lowest BCUT2D eigenvalue weighted by Gasteiger charge is -2.43. The summed E-state index contributed by atoms with van der Waals surface area (Å²) in [5, 5.41) is 4.64. The summed E-state index contributed by atoms with van der Waals surface area (Å²) in [5.41, 5.74) is 1.06. The maximum Gasteiger partial charge on any atom is 0.308 e. The van der Waals surface area contributed by atoms with Gasteiger partial charge in [0.05, 0.1) is 18.4 Å². The van der Waals surface area contributed by atoms with E-state index in [1.807, 2.05) is 6.92 Å². The van der Waals surface area contributed by atoms with Crippen LogP contribution < -0.4 is 0 Å². The quantitative estimate of drug-likeness (QED) is 0.637. The highest BCUT2D eigenvalue weighted by atomic mass is 16.5. The molecule has 3 rings (SSSR count). The molecular formula is C24H36O5. The molecule has 162 valence electrons. The van der Waals surface area contributed by atoms with Crippen LogP contribution in [0.5, 0.6) is 0 Å². The number of cyclic esters (lactones) is 1. The molecule has 0 radical (unpaired) electrons. The SMILES string of the molecule is [2H]O[C@H]1CC(=O)OC(CC[C@@H]2[C@@H]3C(=C[C@H](C)C[C@@H]3OC(=O)[C@@H](C)C([2H])([2H])C([2H])([2H])[2H])C=C[C@@H]2C)C1. The van der Waals surface area contributed by atoms with Crippen LogP contribution in [0, 0.1) is 29.6 Å². The third-order valence-electron chi connectivity index (χ3n) is 6.47. The van der Waals surface area contributed by atoms with Gasteiger partial charge in [0, 0.05) is 19.2 Å². The molecule has 29 heavy (non-hydrogen) atoms. The fourth-order valence-electron chi connectivity index (χ4n) is 4.93. The number of fused-ring (bicyclic) bond motifs is 1. The average Bonchev–Trinajstić information content (AvgIpc) is 2.76. The Kier molecular flexibility index (Phi) is 4.97. The van der Waals surface area contributed by atoms with Gasteiger partial charge in [-0.3, -0.25) is 9.59 Å². The van der Waals surface area contributed by atoms with E-state index in [1.165, 1.54) is 6.92 Å². The van der Waals surface area contributed by atoms with Crippen molar-refractivity contribution in [2.75, 3.05) is 0 Å². The Hall–Kier alpha value is -1.62. The first-order chi connectivity index (χ1) is 16.2. The Morgan fingerprint density at radius 1 is 1.45 bits per heavy atom. The van der Waals surface area contributed by atoms with Crippen LogP contribution in [-0.4, -0.2) is 36.8 Å². The number of carbonyl (C=O) groups is 2. The van der Waals surface area contributed by atoms with Crippen LogP contribution in [0.25, 0.3) is 0 Å². The fourth-order valence-corrected chi connectivity index (χ4v) is 4.93. The zero-order valence-corrected chi connectivity index (χ0v) is 17.4. The smallest absolute Gasteiger partial charge is 0.308 e. The first-order valence-electron chi connectivity index (χ1n) is 13.6. The van der Waals surface area contributed by atoms with Gasteiger partial charge in [0.15, 0.2) is 0 Å². The number of aliphatic hydroxyl groups excluding tert-OH is 1. The minimum atomic E-state index is -2.95. The number of aliphatic hydroxyl groups is 1. The van der Waals surface area contributed by atoms with E-state index in [0.717, 1.165) is 5.57 Å². The predicted molar refractivity (Wildman–Crippen MR) is 111 cm³/mol. The summed E-state index contributed by atoms with van der Waals surface area (Å²) >= 11 is 0. The van der Waals surface area contributed by atoms with Crippen molar-refractivity contribution in [3.8, 4) is 0 Å². The van der Waals surface area contributed by atoms with E-state index < -0.39 is 37.3 Å². The van der Waals surface area contributed by atoms with Crippen molar-refractivity contribution in [3.05, 3.63) is 23.8 Å². The molecule has 0 aromatic carbocycles. The maximum atomic E-state index is 12.9. The minimum absolute atomic E-state index is 0.0793. The van der Waals surface area contributed by atoms with E-state index in [-0.39, 0.29) is 42.2 Å². The Bertz CT molecular complexity index is 854. The molecule has 1 aliphatic heterocycles. The molecular weight excluding hydrogens is 368 g/mol. The lowest BCUT2D eigenvalue weighted by Crippen LogP contribution is -2.42. The minimum Gasteiger partial charge on any atom is -0.462 e. The molecule has 0 aromatic heterocycles. The molecule has 3 aliphatic rings. The second-order valence-electron chi connectivity index (χ2n) is 8.88. The standard InChI is InChI=1S/C24H36O5/c1-5-15(3)24(27)29-21-11-14(2)10-17-7-6-16(4)20(23(17)21)9-8-19-12-18(25)13-22(26)28-19/h6-7,10,14-16,18-21,23,25H,5,8-9,11-13H2,1-4H3/t14-,15-,16-,18+,19?,20-,21-,23-/m0/s1/i1D3,5D2,25D. The van der Waals surface area contributed by atoms with Crippen LogP contribution in [0.15, 0.2) is 23.8 Å². The molecule has 0 amide bonds. The second kappa shape index (κ2) is 9.46. The average molecular weight is 411 g/mol. The van der Waals surface area contributed by atoms with Gasteiger partial charge in [0.25, 0.3) is 0 Å². The molecule has 8 atom stereocenters.